The van der Waals surface area contributed by atoms with E-state index in [2.05, 4.69) is 22.3 Å². The third-order valence-electron chi connectivity index (χ3n) is 5.56. The van der Waals surface area contributed by atoms with Crippen molar-refractivity contribution in [3.05, 3.63) is 70.7 Å². The fourth-order valence-electron chi connectivity index (χ4n) is 3.85. The number of nitrogens with zero attached hydrogens (tertiary/aromatic N) is 2. The van der Waals surface area contributed by atoms with E-state index in [0.717, 1.165) is 33.6 Å². The Morgan fingerprint density at radius 1 is 1.00 bits per heavy atom. The number of aromatic nitrogens is 1. The molecule has 0 saturated carbocycles. The van der Waals surface area contributed by atoms with Gasteiger partial charge in [-0.25, -0.2) is 14.6 Å². The Morgan fingerprint density at radius 2 is 1.58 bits per heavy atom. The van der Waals surface area contributed by atoms with Gasteiger partial charge in [0.05, 0.1) is 0 Å². The summed E-state index contributed by atoms with van der Waals surface area (Å²) >= 11 is 1.15. The minimum Gasteiger partial charge on any atom is -0.460 e. The lowest BCUT2D eigenvalue weighted by Crippen LogP contribution is -2.40. The summed E-state index contributed by atoms with van der Waals surface area (Å²) in [5.41, 5.74) is 8.06. The fraction of sp³-hybridized carbons (Fsp3) is 0.333. The average molecular weight is 508 g/mol. The number of hydrogen-bond acceptors (Lipinski definition) is 9. The van der Waals surface area contributed by atoms with E-state index in [1.54, 1.807) is 26.2 Å². The van der Waals surface area contributed by atoms with Gasteiger partial charge in [-0.05, 0) is 56.9 Å². The highest BCUT2D eigenvalue weighted by molar-refractivity contribution is 7.13. The molecule has 0 fully saturated rings. The summed E-state index contributed by atoms with van der Waals surface area (Å²) in [6, 6.07) is 16.1. The Morgan fingerprint density at radius 3 is 2.11 bits per heavy atom. The van der Waals surface area contributed by atoms with Crippen LogP contribution in [0.15, 0.2) is 59.1 Å². The number of hydrogen-bond donors (Lipinski definition) is 1. The van der Waals surface area contributed by atoms with Crippen molar-refractivity contribution < 1.29 is 23.9 Å². The number of nitrogen functional groups attached to an aromatic ring is 1. The highest BCUT2D eigenvalue weighted by atomic mass is 32.1. The van der Waals surface area contributed by atoms with E-state index in [-0.39, 0.29) is 29.1 Å². The lowest BCUT2D eigenvalue weighted by molar-refractivity contribution is -0.179. The maximum atomic E-state index is 13.2. The second-order valence-corrected chi connectivity index (χ2v) is 10.8. The van der Waals surface area contributed by atoms with E-state index in [4.69, 9.17) is 20.0 Å². The molecule has 0 radical (unpaired) electrons. The third-order valence-corrected chi connectivity index (χ3v) is 6.23. The van der Waals surface area contributed by atoms with E-state index < -0.39 is 23.1 Å². The van der Waals surface area contributed by atoms with Crippen LogP contribution in [0.4, 0.5) is 5.13 Å². The highest BCUT2D eigenvalue weighted by Crippen LogP contribution is 2.44. The van der Waals surface area contributed by atoms with Gasteiger partial charge in [-0.15, -0.1) is 11.3 Å². The predicted molar refractivity (Wildman–Crippen MR) is 139 cm³/mol. The number of rotatable bonds is 7. The number of carbonyl (C=O) groups excluding carboxylic acids is 2. The molecule has 0 amide bonds. The van der Waals surface area contributed by atoms with Gasteiger partial charge in [-0.2, -0.15) is 0 Å². The zero-order chi connectivity index (χ0) is 26.1. The first-order chi connectivity index (χ1) is 17.0. The van der Waals surface area contributed by atoms with Crippen molar-refractivity contribution in [2.75, 3.05) is 12.3 Å². The topological polar surface area (TPSA) is 113 Å². The first-order valence-electron chi connectivity index (χ1n) is 11.5. The molecule has 1 heterocycles. The van der Waals surface area contributed by atoms with Crippen molar-refractivity contribution in [2.45, 2.75) is 51.7 Å². The van der Waals surface area contributed by atoms with E-state index in [1.165, 1.54) is 13.8 Å². The van der Waals surface area contributed by atoms with Crippen LogP contribution in [0, 0.1) is 0 Å². The summed E-state index contributed by atoms with van der Waals surface area (Å²) in [4.78, 5) is 35.5. The number of esters is 2. The van der Waals surface area contributed by atoms with Crippen molar-refractivity contribution in [2.24, 2.45) is 5.16 Å². The number of thiazole rings is 1. The molecule has 2 N–H and O–H groups in total. The Hall–Kier alpha value is -3.72. The highest BCUT2D eigenvalue weighted by Gasteiger charge is 2.36. The molecule has 0 atom stereocenters. The number of fused-ring (bicyclic) bond motifs is 3. The summed E-state index contributed by atoms with van der Waals surface area (Å²) in [6.07, 6.45) is 0. The van der Waals surface area contributed by atoms with Gasteiger partial charge in [-0.3, -0.25) is 0 Å². The summed E-state index contributed by atoms with van der Waals surface area (Å²) in [5, 5.41) is 5.84. The average Bonchev–Trinajstić information content (AvgIpc) is 3.38. The Balaban J connectivity index is 1.56. The second kappa shape index (κ2) is 9.73. The molecule has 1 aromatic heterocycles. The maximum Gasteiger partial charge on any atom is 0.362 e. The molecular weight excluding hydrogens is 478 g/mol. The maximum absolute atomic E-state index is 13.2. The van der Waals surface area contributed by atoms with Crippen LogP contribution in [-0.4, -0.2) is 40.4 Å². The number of oxime groups is 1. The predicted octanol–water partition coefficient (Wildman–Crippen LogP) is 4.92. The monoisotopic (exact) mass is 507 g/mol. The Kier molecular flexibility index (Phi) is 6.86. The van der Waals surface area contributed by atoms with Crippen LogP contribution in [0.25, 0.3) is 11.1 Å². The fourth-order valence-corrected chi connectivity index (χ4v) is 4.40. The summed E-state index contributed by atoms with van der Waals surface area (Å²) < 4.78 is 11.1. The first-order valence-corrected chi connectivity index (χ1v) is 12.4. The van der Waals surface area contributed by atoms with Gasteiger partial charge in [0.1, 0.15) is 17.9 Å². The molecule has 36 heavy (non-hydrogen) atoms. The normalized spacial score (nSPS) is 13.6. The minimum absolute atomic E-state index is 0.0982. The van der Waals surface area contributed by atoms with Crippen LogP contribution in [0.5, 0.6) is 0 Å². The molecule has 1 aliphatic carbocycles. The lowest BCUT2D eigenvalue weighted by Gasteiger charge is -2.26. The van der Waals surface area contributed by atoms with Crippen LogP contribution in [-0.2, 0) is 23.9 Å². The van der Waals surface area contributed by atoms with Gasteiger partial charge in [0, 0.05) is 11.3 Å². The molecule has 9 heteroatoms. The van der Waals surface area contributed by atoms with E-state index in [9.17, 15) is 9.59 Å². The van der Waals surface area contributed by atoms with Crippen LogP contribution in [0.3, 0.4) is 0 Å². The standard InChI is InChI=1S/C27H29N3O5S/c1-26(2,3)34-24(32)27(4,5)35-30-22(21-15-36-25(28)29-21)23(31)33-14-20-18-12-8-6-10-16(18)17-11-7-9-13-19(17)20/h6-13,15,20H,14H2,1-5H3,(H2,28,29)/b30-22-. The van der Waals surface area contributed by atoms with Crippen LogP contribution in [0.1, 0.15) is 57.4 Å². The quantitative estimate of drug-likeness (QED) is 0.274. The summed E-state index contributed by atoms with van der Waals surface area (Å²) in [7, 11) is 0. The molecule has 8 nitrogen and oxygen atoms in total. The zero-order valence-electron chi connectivity index (χ0n) is 20.9. The molecule has 4 rings (SSSR count). The molecule has 3 aromatic rings. The van der Waals surface area contributed by atoms with Gasteiger partial charge < -0.3 is 20.0 Å². The molecule has 0 saturated heterocycles. The van der Waals surface area contributed by atoms with Gasteiger partial charge >= 0.3 is 11.9 Å². The largest absolute Gasteiger partial charge is 0.460 e. The lowest BCUT2D eigenvalue weighted by atomic mass is 9.98. The van der Waals surface area contributed by atoms with E-state index >= 15 is 0 Å². The molecule has 2 aromatic carbocycles. The smallest absolute Gasteiger partial charge is 0.362 e. The van der Waals surface area contributed by atoms with Crippen LogP contribution < -0.4 is 5.73 Å². The van der Waals surface area contributed by atoms with Crippen molar-refractivity contribution in [3.8, 4) is 11.1 Å². The third kappa shape index (κ3) is 5.41. The van der Waals surface area contributed by atoms with Crippen LogP contribution >= 0.6 is 11.3 Å². The van der Waals surface area contributed by atoms with Crippen LogP contribution in [0.2, 0.25) is 0 Å². The Labute approximate surface area is 214 Å². The molecular formula is C27H29N3O5S. The number of carbonyl (C=O) groups is 2. The second-order valence-electron chi connectivity index (χ2n) is 9.94. The van der Waals surface area contributed by atoms with Gasteiger partial charge in [0.25, 0.3) is 0 Å². The van der Waals surface area contributed by atoms with Crippen molar-refractivity contribution in [1.29, 1.82) is 0 Å². The first kappa shape index (κ1) is 25.4. The van der Waals surface area contributed by atoms with E-state index in [1.807, 2.05) is 36.4 Å². The molecule has 0 spiro atoms. The molecule has 188 valence electrons. The SMILES string of the molecule is CC(C)(C)OC(=O)C(C)(C)O/N=C(\C(=O)OCC1c2ccccc2-c2ccccc21)c1csc(N)n1. The number of nitrogens with two attached hydrogens (primary N) is 1. The van der Waals surface area contributed by atoms with Gasteiger partial charge in [-0.1, -0.05) is 53.7 Å². The van der Waals surface area contributed by atoms with Gasteiger partial charge in [0.2, 0.25) is 11.3 Å². The van der Waals surface area contributed by atoms with Crippen molar-refractivity contribution in [1.82, 2.24) is 4.98 Å². The summed E-state index contributed by atoms with van der Waals surface area (Å²) in [5.74, 6) is -1.48. The molecule has 0 unspecified atom stereocenters. The number of anilines is 1. The molecule has 1 aliphatic rings. The minimum atomic E-state index is -1.45. The number of ether oxygens (including phenoxy) is 2. The summed E-state index contributed by atoms with van der Waals surface area (Å²) in [6.45, 7) is 8.38. The molecule has 0 aliphatic heterocycles. The number of benzene rings is 2. The molecule has 0 bridgehead atoms. The van der Waals surface area contributed by atoms with Gasteiger partial charge in [0.15, 0.2) is 5.13 Å². The van der Waals surface area contributed by atoms with Crippen molar-refractivity contribution in [3.63, 3.8) is 0 Å². The zero-order valence-corrected chi connectivity index (χ0v) is 21.7. The Bertz CT molecular complexity index is 1280. The van der Waals surface area contributed by atoms with E-state index in [0.29, 0.717) is 0 Å². The van der Waals surface area contributed by atoms with Crippen molar-refractivity contribution >= 4 is 34.1 Å².